The second-order valence-electron chi connectivity index (χ2n) is 5.38. The third-order valence-electron chi connectivity index (χ3n) is 4.05. The van der Waals surface area contributed by atoms with Gasteiger partial charge in [0.2, 0.25) is 0 Å². The van der Waals surface area contributed by atoms with Gasteiger partial charge in [0, 0.05) is 13.5 Å². The molecule has 1 atom stereocenters. The Labute approximate surface area is 112 Å². The molecule has 0 bridgehead atoms. The van der Waals surface area contributed by atoms with Gasteiger partial charge in [0.15, 0.2) is 11.5 Å². The third-order valence-corrected chi connectivity index (χ3v) is 4.05. The second kappa shape index (κ2) is 4.94. The number of fused-ring (bicyclic) bond motifs is 1. The first-order valence-electron chi connectivity index (χ1n) is 6.78. The van der Waals surface area contributed by atoms with Gasteiger partial charge in [-0.15, -0.1) is 0 Å². The van der Waals surface area contributed by atoms with E-state index < -0.39 is 6.10 Å². The van der Waals surface area contributed by atoms with E-state index in [0.29, 0.717) is 18.7 Å². The summed E-state index contributed by atoms with van der Waals surface area (Å²) < 4.78 is 11.2. The van der Waals surface area contributed by atoms with E-state index in [1.807, 2.05) is 24.3 Å². The minimum atomic E-state index is -0.465. The quantitative estimate of drug-likeness (QED) is 0.899. The summed E-state index contributed by atoms with van der Waals surface area (Å²) in [5, 5.41) is 10.2. The molecular formula is C15H19NO3. The van der Waals surface area contributed by atoms with Crippen LogP contribution in [0.25, 0.3) is 11.1 Å². The first-order chi connectivity index (χ1) is 9.21. The van der Waals surface area contributed by atoms with Crippen molar-refractivity contribution in [2.45, 2.75) is 43.8 Å². The number of rotatable bonds is 5. The van der Waals surface area contributed by atoms with Gasteiger partial charge in [0.1, 0.15) is 5.52 Å². The summed E-state index contributed by atoms with van der Waals surface area (Å²) >= 11 is 0. The summed E-state index contributed by atoms with van der Waals surface area (Å²) in [4.78, 5) is 4.38. The first kappa shape index (κ1) is 12.6. The maximum absolute atomic E-state index is 10.2. The highest BCUT2D eigenvalue weighted by molar-refractivity contribution is 5.72. The molecule has 1 aliphatic rings. The molecule has 1 saturated carbocycles. The number of aromatic nitrogens is 1. The van der Waals surface area contributed by atoms with Crippen LogP contribution < -0.4 is 0 Å². The van der Waals surface area contributed by atoms with Crippen LogP contribution >= 0.6 is 0 Å². The predicted octanol–water partition coefficient (Wildman–Crippen LogP) is 2.69. The zero-order chi connectivity index (χ0) is 13.3. The first-order valence-corrected chi connectivity index (χ1v) is 6.78. The zero-order valence-electron chi connectivity index (χ0n) is 11.1. The molecule has 1 aliphatic carbocycles. The molecule has 102 valence electrons. The number of hydrogen-bond donors (Lipinski definition) is 1. The van der Waals surface area contributed by atoms with Crippen molar-refractivity contribution in [2.24, 2.45) is 0 Å². The highest BCUT2D eigenvalue weighted by atomic mass is 16.5. The molecule has 4 heteroatoms. The van der Waals surface area contributed by atoms with Crippen molar-refractivity contribution >= 4 is 11.1 Å². The summed E-state index contributed by atoms with van der Waals surface area (Å²) in [6, 6.07) is 7.65. The average molecular weight is 261 g/mol. The maximum atomic E-state index is 10.2. The van der Waals surface area contributed by atoms with Crippen molar-refractivity contribution in [3.63, 3.8) is 0 Å². The lowest BCUT2D eigenvalue weighted by Crippen LogP contribution is -2.42. The van der Waals surface area contributed by atoms with E-state index in [4.69, 9.17) is 9.15 Å². The molecule has 0 radical (unpaired) electrons. The summed E-state index contributed by atoms with van der Waals surface area (Å²) in [5.74, 6) is 0.597. The van der Waals surface area contributed by atoms with Gasteiger partial charge >= 0.3 is 0 Å². The van der Waals surface area contributed by atoms with E-state index in [0.717, 1.165) is 23.9 Å². The topological polar surface area (TPSA) is 55.5 Å². The smallest absolute Gasteiger partial charge is 0.198 e. The van der Waals surface area contributed by atoms with Crippen molar-refractivity contribution in [3.05, 3.63) is 30.2 Å². The van der Waals surface area contributed by atoms with E-state index in [-0.39, 0.29) is 5.60 Å². The van der Waals surface area contributed by atoms with E-state index in [9.17, 15) is 5.11 Å². The molecule has 1 fully saturated rings. The molecule has 2 aromatic rings. The minimum Gasteiger partial charge on any atom is -0.441 e. The minimum absolute atomic E-state index is 0.120. The SMILES string of the molecule is COC1(CC(O)Cc2nc3ccccc3o2)CCC1. The fourth-order valence-corrected chi connectivity index (χ4v) is 2.77. The lowest BCUT2D eigenvalue weighted by Gasteiger charge is -2.41. The summed E-state index contributed by atoms with van der Waals surface area (Å²) in [5.41, 5.74) is 1.50. The largest absolute Gasteiger partial charge is 0.441 e. The van der Waals surface area contributed by atoms with Crippen molar-refractivity contribution in [2.75, 3.05) is 7.11 Å². The Hall–Kier alpha value is -1.39. The fourth-order valence-electron chi connectivity index (χ4n) is 2.77. The van der Waals surface area contributed by atoms with Gasteiger partial charge in [-0.1, -0.05) is 12.1 Å². The predicted molar refractivity (Wildman–Crippen MR) is 71.9 cm³/mol. The van der Waals surface area contributed by atoms with Crippen LogP contribution in [-0.4, -0.2) is 28.9 Å². The van der Waals surface area contributed by atoms with Crippen molar-refractivity contribution < 1.29 is 14.3 Å². The van der Waals surface area contributed by atoms with Crippen molar-refractivity contribution in [1.82, 2.24) is 4.98 Å². The lowest BCUT2D eigenvalue weighted by molar-refractivity contribution is -0.0994. The molecule has 1 unspecified atom stereocenters. The van der Waals surface area contributed by atoms with Crippen LogP contribution in [-0.2, 0) is 11.2 Å². The van der Waals surface area contributed by atoms with E-state index >= 15 is 0 Å². The summed E-state index contributed by atoms with van der Waals surface area (Å²) in [6.45, 7) is 0. The van der Waals surface area contributed by atoms with Gasteiger partial charge in [0.05, 0.1) is 18.1 Å². The normalized spacial score (nSPS) is 19.3. The number of hydrogen-bond acceptors (Lipinski definition) is 4. The van der Waals surface area contributed by atoms with Gasteiger partial charge in [-0.3, -0.25) is 0 Å². The molecule has 1 heterocycles. The number of methoxy groups -OCH3 is 1. The van der Waals surface area contributed by atoms with Crippen LogP contribution in [0.4, 0.5) is 0 Å². The Morgan fingerprint density at radius 2 is 2.21 bits per heavy atom. The Balaban J connectivity index is 1.67. The number of aliphatic hydroxyl groups excluding tert-OH is 1. The monoisotopic (exact) mass is 261 g/mol. The number of nitrogens with zero attached hydrogens (tertiary/aromatic N) is 1. The van der Waals surface area contributed by atoms with Crippen LogP contribution in [0.3, 0.4) is 0 Å². The molecule has 1 aromatic carbocycles. The number of para-hydroxylation sites is 2. The average Bonchev–Trinajstić information content (AvgIpc) is 2.75. The molecule has 0 aliphatic heterocycles. The maximum Gasteiger partial charge on any atom is 0.198 e. The van der Waals surface area contributed by atoms with Gasteiger partial charge in [-0.2, -0.15) is 0 Å². The molecule has 1 aromatic heterocycles. The fraction of sp³-hybridized carbons (Fsp3) is 0.533. The van der Waals surface area contributed by atoms with Crippen LogP contribution in [0.1, 0.15) is 31.6 Å². The van der Waals surface area contributed by atoms with Gasteiger partial charge < -0.3 is 14.3 Å². The molecule has 19 heavy (non-hydrogen) atoms. The van der Waals surface area contributed by atoms with E-state index in [1.165, 1.54) is 6.42 Å². The Morgan fingerprint density at radius 3 is 2.84 bits per heavy atom. The molecule has 1 N–H and O–H groups in total. The van der Waals surface area contributed by atoms with Gasteiger partial charge in [-0.25, -0.2) is 4.98 Å². The van der Waals surface area contributed by atoms with Gasteiger partial charge in [-0.05, 0) is 31.4 Å². The van der Waals surface area contributed by atoms with E-state index in [2.05, 4.69) is 4.98 Å². The third kappa shape index (κ3) is 2.51. The molecular weight excluding hydrogens is 242 g/mol. The highest BCUT2D eigenvalue weighted by Gasteiger charge is 2.38. The standard InChI is InChI=1S/C15H19NO3/c1-18-15(7-4-8-15)10-11(17)9-14-16-12-5-2-3-6-13(12)19-14/h2-3,5-6,11,17H,4,7-10H2,1H3. The number of oxazole rings is 1. The molecule has 4 nitrogen and oxygen atoms in total. The Bertz CT molecular complexity index is 521. The van der Waals surface area contributed by atoms with Crippen molar-refractivity contribution in [3.8, 4) is 0 Å². The molecule has 3 rings (SSSR count). The van der Waals surface area contributed by atoms with Crippen LogP contribution in [0.5, 0.6) is 0 Å². The molecule has 0 amide bonds. The molecule has 0 spiro atoms. The van der Waals surface area contributed by atoms with Crippen LogP contribution in [0.15, 0.2) is 28.7 Å². The Kier molecular flexibility index (Phi) is 3.29. The van der Waals surface area contributed by atoms with Crippen molar-refractivity contribution in [1.29, 1.82) is 0 Å². The summed E-state index contributed by atoms with van der Waals surface area (Å²) in [7, 11) is 1.73. The van der Waals surface area contributed by atoms with E-state index in [1.54, 1.807) is 7.11 Å². The molecule has 0 saturated heterocycles. The Morgan fingerprint density at radius 1 is 1.42 bits per heavy atom. The lowest BCUT2D eigenvalue weighted by atomic mass is 9.76. The van der Waals surface area contributed by atoms with Crippen LogP contribution in [0.2, 0.25) is 0 Å². The number of aliphatic hydroxyl groups is 1. The number of ether oxygens (including phenoxy) is 1. The zero-order valence-corrected chi connectivity index (χ0v) is 11.1. The van der Waals surface area contributed by atoms with Gasteiger partial charge in [0.25, 0.3) is 0 Å². The number of benzene rings is 1. The second-order valence-corrected chi connectivity index (χ2v) is 5.38. The summed E-state index contributed by atoms with van der Waals surface area (Å²) in [6.07, 6.45) is 3.89. The van der Waals surface area contributed by atoms with Crippen LogP contribution in [0, 0.1) is 0 Å². The highest BCUT2D eigenvalue weighted by Crippen LogP contribution is 2.39.